The van der Waals surface area contributed by atoms with E-state index >= 15 is 0 Å². The molecule has 6 nitrogen and oxygen atoms in total. The molecule has 1 atom stereocenters. The van der Waals surface area contributed by atoms with Gasteiger partial charge in [0.15, 0.2) is 0 Å². The third-order valence-electron chi connectivity index (χ3n) is 6.04. The molecule has 1 fully saturated rings. The summed E-state index contributed by atoms with van der Waals surface area (Å²) >= 11 is 0. The number of amides is 1. The van der Waals surface area contributed by atoms with Gasteiger partial charge in [0.2, 0.25) is 0 Å². The Hall–Kier alpha value is -4.06. The molecule has 3 aromatic rings. The number of likely N-dealkylation sites (tertiary alicyclic amines) is 1. The molecule has 1 aliphatic rings. The Balaban J connectivity index is 1.76. The fraction of sp³-hybridized carbons (Fsp3) is 0.241. The Morgan fingerprint density at radius 3 is 2.37 bits per heavy atom. The normalized spacial score (nSPS) is 17.0. The minimum Gasteiger partial charge on any atom is -0.507 e. The minimum atomic E-state index is -0.718. The van der Waals surface area contributed by atoms with Gasteiger partial charge in [-0.3, -0.25) is 9.59 Å². The average molecular weight is 472 g/mol. The highest BCUT2D eigenvalue weighted by Gasteiger charge is 2.45. The van der Waals surface area contributed by atoms with Crippen molar-refractivity contribution in [1.29, 1.82) is 0 Å². The van der Waals surface area contributed by atoms with E-state index in [0.717, 1.165) is 17.5 Å². The summed E-state index contributed by atoms with van der Waals surface area (Å²) in [6, 6.07) is 23.2. The Morgan fingerprint density at radius 1 is 0.943 bits per heavy atom. The summed E-state index contributed by atoms with van der Waals surface area (Å²) in [5.41, 5.74) is 2.28. The minimum absolute atomic E-state index is 0.0703. The number of methoxy groups -OCH3 is 1. The molecule has 0 aliphatic carbocycles. The topological polar surface area (TPSA) is 76.1 Å². The van der Waals surface area contributed by atoms with Crippen molar-refractivity contribution in [1.82, 2.24) is 4.90 Å². The SMILES string of the molecule is CCCOc1cccc(C(O)=C2C(=O)C(=O)N(CCc3ccccc3)C2c2ccc(OC)cc2)c1. The maximum absolute atomic E-state index is 13.2. The van der Waals surface area contributed by atoms with Crippen molar-refractivity contribution >= 4 is 17.4 Å². The van der Waals surface area contributed by atoms with Gasteiger partial charge in [0, 0.05) is 12.1 Å². The first-order valence-electron chi connectivity index (χ1n) is 11.7. The first kappa shape index (κ1) is 24.1. The van der Waals surface area contributed by atoms with Crippen LogP contribution < -0.4 is 9.47 Å². The molecule has 6 heteroatoms. The smallest absolute Gasteiger partial charge is 0.295 e. The molecule has 0 radical (unpaired) electrons. The van der Waals surface area contributed by atoms with E-state index in [4.69, 9.17) is 9.47 Å². The second-order valence-electron chi connectivity index (χ2n) is 8.38. The predicted molar refractivity (Wildman–Crippen MR) is 134 cm³/mol. The molecule has 0 aromatic heterocycles. The summed E-state index contributed by atoms with van der Waals surface area (Å²) in [6.45, 7) is 2.89. The van der Waals surface area contributed by atoms with Gasteiger partial charge in [-0.1, -0.05) is 61.5 Å². The largest absolute Gasteiger partial charge is 0.507 e. The summed E-state index contributed by atoms with van der Waals surface area (Å²) in [4.78, 5) is 28.0. The van der Waals surface area contributed by atoms with Gasteiger partial charge in [0.25, 0.3) is 11.7 Å². The van der Waals surface area contributed by atoms with E-state index in [1.54, 1.807) is 48.4 Å². The lowest BCUT2D eigenvalue weighted by atomic mass is 9.95. The Kier molecular flexibility index (Phi) is 7.51. The molecule has 35 heavy (non-hydrogen) atoms. The number of carbonyl (C=O) groups excluding carboxylic acids is 2. The average Bonchev–Trinajstić information content (AvgIpc) is 3.16. The highest BCUT2D eigenvalue weighted by Crippen LogP contribution is 2.40. The zero-order chi connectivity index (χ0) is 24.8. The molecule has 1 unspecified atom stereocenters. The van der Waals surface area contributed by atoms with Gasteiger partial charge < -0.3 is 19.5 Å². The highest BCUT2D eigenvalue weighted by molar-refractivity contribution is 6.46. The molecular weight excluding hydrogens is 442 g/mol. The first-order chi connectivity index (χ1) is 17.0. The fourth-order valence-electron chi connectivity index (χ4n) is 4.25. The zero-order valence-electron chi connectivity index (χ0n) is 19.9. The number of rotatable bonds is 9. The lowest BCUT2D eigenvalue weighted by molar-refractivity contribution is -0.139. The van der Waals surface area contributed by atoms with Crippen LogP contribution in [0.1, 0.15) is 36.1 Å². The van der Waals surface area contributed by atoms with Crippen molar-refractivity contribution in [3.63, 3.8) is 0 Å². The predicted octanol–water partition coefficient (Wildman–Crippen LogP) is 5.15. The summed E-state index contributed by atoms with van der Waals surface area (Å²) in [5, 5.41) is 11.3. The van der Waals surface area contributed by atoms with Crippen LogP contribution in [0.15, 0.2) is 84.4 Å². The second kappa shape index (κ2) is 10.9. The van der Waals surface area contributed by atoms with Crippen LogP contribution in [-0.2, 0) is 16.0 Å². The Bertz CT molecular complexity index is 1220. The Labute approximate surface area is 205 Å². The van der Waals surface area contributed by atoms with E-state index < -0.39 is 17.7 Å². The maximum Gasteiger partial charge on any atom is 0.295 e. The number of benzene rings is 3. The summed E-state index contributed by atoms with van der Waals surface area (Å²) in [7, 11) is 1.58. The molecular formula is C29H29NO5. The van der Waals surface area contributed by atoms with Crippen molar-refractivity contribution in [3.8, 4) is 11.5 Å². The fourth-order valence-corrected chi connectivity index (χ4v) is 4.25. The van der Waals surface area contributed by atoms with Crippen molar-refractivity contribution < 1.29 is 24.2 Å². The number of ketones is 1. The van der Waals surface area contributed by atoms with E-state index in [1.807, 2.05) is 49.4 Å². The van der Waals surface area contributed by atoms with Crippen LogP contribution in [0.4, 0.5) is 0 Å². The summed E-state index contributed by atoms with van der Waals surface area (Å²) in [6.07, 6.45) is 1.43. The monoisotopic (exact) mass is 471 g/mol. The van der Waals surface area contributed by atoms with Crippen molar-refractivity contribution in [3.05, 3.63) is 101 Å². The van der Waals surface area contributed by atoms with Gasteiger partial charge in [0.1, 0.15) is 17.3 Å². The maximum atomic E-state index is 13.2. The molecule has 0 saturated carbocycles. The van der Waals surface area contributed by atoms with Crippen LogP contribution >= 0.6 is 0 Å². The van der Waals surface area contributed by atoms with E-state index in [2.05, 4.69) is 0 Å². The first-order valence-corrected chi connectivity index (χ1v) is 11.7. The van der Waals surface area contributed by atoms with Crippen LogP contribution in [-0.4, -0.2) is 42.0 Å². The molecule has 180 valence electrons. The van der Waals surface area contributed by atoms with E-state index in [-0.39, 0.29) is 11.3 Å². The number of ether oxygens (including phenoxy) is 2. The van der Waals surface area contributed by atoms with Crippen molar-refractivity contribution in [2.75, 3.05) is 20.3 Å². The van der Waals surface area contributed by atoms with Crippen LogP contribution in [0.2, 0.25) is 0 Å². The Morgan fingerprint density at radius 2 is 1.69 bits per heavy atom. The van der Waals surface area contributed by atoms with E-state index in [1.165, 1.54) is 0 Å². The van der Waals surface area contributed by atoms with Crippen LogP contribution in [0.25, 0.3) is 5.76 Å². The zero-order valence-corrected chi connectivity index (χ0v) is 19.9. The van der Waals surface area contributed by atoms with Crippen molar-refractivity contribution in [2.45, 2.75) is 25.8 Å². The van der Waals surface area contributed by atoms with Crippen LogP contribution in [0.3, 0.4) is 0 Å². The van der Waals surface area contributed by atoms with Crippen LogP contribution in [0, 0.1) is 0 Å². The third-order valence-corrected chi connectivity index (χ3v) is 6.04. The number of hydrogen-bond acceptors (Lipinski definition) is 5. The van der Waals surface area contributed by atoms with Crippen LogP contribution in [0.5, 0.6) is 11.5 Å². The van der Waals surface area contributed by atoms with Gasteiger partial charge in [0.05, 0.1) is 25.3 Å². The standard InChI is InChI=1S/C29H29NO5/c1-3-18-35-24-11-7-10-22(19-24)27(31)25-26(21-12-14-23(34-2)15-13-21)30(29(33)28(25)32)17-16-20-8-5-4-6-9-20/h4-15,19,26,31H,3,16-18H2,1-2H3. The molecule has 4 rings (SSSR count). The van der Waals surface area contributed by atoms with Gasteiger partial charge in [-0.25, -0.2) is 0 Å². The van der Waals surface area contributed by atoms with E-state index in [9.17, 15) is 14.7 Å². The molecule has 1 N–H and O–H groups in total. The van der Waals surface area contributed by atoms with E-state index in [0.29, 0.717) is 36.6 Å². The number of aliphatic hydroxyl groups excluding tert-OH is 1. The molecule has 3 aromatic carbocycles. The second-order valence-corrected chi connectivity index (χ2v) is 8.38. The molecule has 1 aliphatic heterocycles. The van der Waals surface area contributed by atoms with Gasteiger partial charge in [-0.15, -0.1) is 0 Å². The molecule has 0 bridgehead atoms. The summed E-state index contributed by atoms with van der Waals surface area (Å²) in [5.74, 6) is -0.280. The third kappa shape index (κ3) is 5.22. The molecule has 1 heterocycles. The highest BCUT2D eigenvalue weighted by atomic mass is 16.5. The summed E-state index contributed by atoms with van der Waals surface area (Å²) < 4.78 is 11.0. The number of aliphatic hydroxyl groups is 1. The van der Waals surface area contributed by atoms with Gasteiger partial charge in [-0.2, -0.15) is 0 Å². The number of carbonyl (C=O) groups is 2. The lowest BCUT2D eigenvalue weighted by Crippen LogP contribution is -2.31. The quantitative estimate of drug-likeness (QED) is 0.265. The number of Topliss-reactive ketones (excluding diaryl/α,β-unsaturated/α-hetero) is 1. The lowest BCUT2D eigenvalue weighted by Gasteiger charge is -2.25. The molecule has 1 saturated heterocycles. The van der Waals surface area contributed by atoms with Crippen molar-refractivity contribution in [2.24, 2.45) is 0 Å². The number of hydrogen-bond donors (Lipinski definition) is 1. The molecule has 1 amide bonds. The van der Waals surface area contributed by atoms with Gasteiger partial charge >= 0.3 is 0 Å². The van der Waals surface area contributed by atoms with Gasteiger partial charge in [-0.05, 0) is 48.2 Å². The number of nitrogens with zero attached hydrogens (tertiary/aromatic N) is 1. The molecule has 0 spiro atoms.